The van der Waals surface area contributed by atoms with Crippen molar-refractivity contribution < 1.29 is 5.11 Å². The maximum Gasteiger partial charge on any atom is 0.127 e. The van der Waals surface area contributed by atoms with E-state index in [2.05, 4.69) is 40.1 Å². The summed E-state index contributed by atoms with van der Waals surface area (Å²) in [5, 5.41) is 12.3. The van der Waals surface area contributed by atoms with Crippen LogP contribution in [-0.2, 0) is 0 Å². The highest BCUT2D eigenvalue weighted by atomic mass is 79.9. The fourth-order valence-electron chi connectivity index (χ4n) is 1.10. The second-order valence-electron chi connectivity index (χ2n) is 3.52. The monoisotopic (exact) mass is 258 g/mol. The van der Waals surface area contributed by atoms with Gasteiger partial charge in [0.1, 0.15) is 10.4 Å². The number of nitrogens with zero attached hydrogens (tertiary/aromatic N) is 1. The number of pyridine rings is 1. The zero-order valence-corrected chi connectivity index (χ0v) is 9.95. The van der Waals surface area contributed by atoms with Gasteiger partial charge in [-0.2, -0.15) is 0 Å². The minimum absolute atomic E-state index is 0.0526. The fourth-order valence-corrected chi connectivity index (χ4v) is 1.45. The lowest BCUT2D eigenvalue weighted by molar-refractivity contribution is 0.249. The Morgan fingerprint density at radius 3 is 2.71 bits per heavy atom. The van der Waals surface area contributed by atoms with Crippen molar-refractivity contribution in [1.29, 1.82) is 0 Å². The van der Waals surface area contributed by atoms with E-state index in [9.17, 15) is 0 Å². The summed E-state index contributed by atoms with van der Waals surface area (Å²) in [6.07, 6.45) is 0. The third-order valence-electron chi connectivity index (χ3n) is 2.05. The topological polar surface area (TPSA) is 45.1 Å². The summed E-state index contributed by atoms with van der Waals surface area (Å²) < 4.78 is 0.794. The molecule has 0 radical (unpaired) electrons. The van der Waals surface area contributed by atoms with E-state index >= 15 is 0 Å². The summed E-state index contributed by atoms with van der Waals surface area (Å²) in [7, 11) is 0. The van der Waals surface area contributed by atoms with E-state index in [4.69, 9.17) is 5.11 Å². The van der Waals surface area contributed by atoms with Gasteiger partial charge in [-0.25, -0.2) is 4.98 Å². The summed E-state index contributed by atoms with van der Waals surface area (Å²) in [4.78, 5) is 4.24. The van der Waals surface area contributed by atoms with Crippen molar-refractivity contribution in [3.63, 3.8) is 0 Å². The number of anilines is 1. The third-order valence-corrected chi connectivity index (χ3v) is 2.49. The maximum absolute atomic E-state index is 9.13. The zero-order valence-electron chi connectivity index (χ0n) is 8.37. The van der Waals surface area contributed by atoms with Crippen LogP contribution in [0.2, 0.25) is 0 Å². The molecule has 78 valence electrons. The standard InChI is InChI=1S/C10H15BrN2O/c1-7(2)8(6-14)12-10-5-3-4-9(11)13-10/h3-5,7-8,14H,6H2,1-2H3,(H,12,13). The summed E-state index contributed by atoms with van der Waals surface area (Å²) in [5.74, 6) is 1.16. The Morgan fingerprint density at radius 2 is 2.21 bits per heavy atom. The van der Waals surface area contributed by atoms with Gasteiger partial charge in [0.2, 0.25) is 0 Å². The summed E-state index contributed by atoms with van der Waals surface area (Å²) in [6, 6.07) is 5.72. The number of halogens is 1. The van der Waals surface area contributed by atoms with Gasteiger partial charge in [-0.05, 0) is 34.0 Å². The molecule has 0 aliphatic rings. The Kier molecular flexibility index (Phi) is 4.35. The predicted octanol–water partition coefficient (Wildman–Crippen LogP) is 2.27. The number of rotatable bonds is 4. The highest BCUT2D eigenvalue weighted by Crippen LogP contribution is 2.13. The Labute approximate surface area is 92.7 Å². The molecule has 0 aliphatic heterocycles. The molecule has 0 amide bonds. The molecule has 0 fully saturated rings. The molecular formula is C10H15BrN2O. The lowest BCUT2D eigenvalue weighted by Gasteiger charge is -2.20. The highest BCUT2D eigenvalue weighted by Gasteiger charge is 2.11. The van der Waals surface area contributed by atoms with E-state index in [1.54, 1.807) is 0 Å². The predicted molar refractivity (Wildman–Crippen MR) is 61.3 cm³/mol. The molecule has 1 unspecified atom stereocenters. The Bertz CT molecular complexity index is 291. The van der Waals surface area contributed by atoms with Crippen molar-refractivity contribution in [3.05, 3.63) is 22.8 Å². The molecule has 14 heavy (non-hydrogen) atoms. The first-order valence-electron chi connectivity index (χ1n) is 4.63. The molecular weight excluding hydrogens is 244 g/mol. The molecule has 0 bridgehead atoms. The lowest BCUT2D eigenvalue weighted by Crippen LogP contribution is -2.29. The molecule has 0 aromatic carbocycles. The molecule has 0 aliphatic carbocycles. The first-order valence-corrected chi connectivity index (χ1v) is 5.42. The van der Waals surface area contributed by atoms with Gasteiger partial charge >= 0.3 is 0 Å². The number of hydrogen-bond acceptors (Lipinski definition) is 3. The van der Waals surface area contributed by atoms with E-state index in [0.717, 1.165) is 10.4 Å². The lowest BCUT2D eigenvalue weighted by atomic mass is 10.1. The van der Waals surface area contributed by atoms with Gasteiger partial charge in [0.15, 0.2) is 0 Å². The van der Waals surface area contributed by atoms with Crippen LogP contribution in [0, 0.1) is 5.92 Å². The van der Waals surface area contributed by atoms with Gasteiger partial charge in [-0.1, -0.05) is 19.9 Å². The third kappa shape index (κ3) is 3.27. The number of nitrogens with one attached hydrogen (secondary N) is 1. The van der Waals surface area contributed by atoms with Crippen molar-refractivity contribution in [2.24, 2.45) is 5.92 Å². The Balaban J connectivity index is 2.67. The number of aliphatic hydroxyl groups is 1. The molecule has 1 aromatic rings. The minimum Gasteiger partial charge on any atom is -0.394 e. The molecule has 4 heteroatoms. The number of aromatic nitrogens is 1. The van der Waals surface area contributed by atoms with Gasteiger partial charge in [-0.3, -0.25) is 0 Å². The van der Waals surface area contributed by atoms with Crippen LogP contribution < -0.4 is 5.32 Å². The van der Waals surface area contributed by atoms with Crippen molar-refractivity contribution in [2.45, 2.75) is 19.9 Å². The molecule has 1 rings (SSSR count). The minimum atomic E-state index is 0.0526. The first kappa shape index (κ1) is 11.5. The Hall–Kier alpha value is -0.610. The largest absolute Gasteiger partial charge is 0.394 e. The van der Waals surface area contributed by atoms with E-state index < -0.39 is 0 Å². The van der Waals surface area contributed by atoms with E-state index in [0.29, 0.717) is 5.92 Å². The van der Waals surface area contributed by atoms with Gasteiger partial charge < -0.3 is 10.4 Å². The van der Waals surface area contributed by atoms with Crippen LogP contribution in [0.15, 0.2) is 22.8 Å². The second-order valence-corrected chi connectivity index (χ2v) is 4.34. The van der Waals surface area contributed by atoms with E-state index in [1.807, 2.05) is 18.2 Å². The number of aliphatic hydroxyl groups excluding tert-OH is 1. The molecule has 1 aromatic heterocycles. The van der Waals surface area contributed by atoms with Crippen molar-refractivity contribution >= 4 is 21.7 Å². The van der Waals surface area contributed by atoms with Crippen molar-refractivity contribution in [3.8, 4) is 0 Å². The maximum atomic E-state index is 9.13. The number of hydrogen-bond donors (Lipinski definition) is 2. The summed E-state index contributed by atoms with van der Waals surface area (Å²) in [5.41, 5.74) is 0. The van der Waals surface area contributed by atoms with E-state index in [-0.39, 0.29) is 12.6 Å². The van der Waals surface area contributed by atoms with Crippen LogP contribution in [0.25, 0.3) is 0 Å². The van der Waals surface area contributed by atoms with Gasteiger partial charge in [-0.15, -0.1) is 0 Å². The zero-order chi connectivity index (χ0) is 10.6. The van der Waals surface area contributed by atoms with Crippen LogP contribution in [-0.4, -0.2) is 22.7 Å². The second kappa shape index (κ2) is 5.32. The molecule has 0 saturated carbocycles. The first-order chi connectivity index (χ1) is 6.63. The normalized spacial score (nSPS) is 12.9. The van der Waals surface area contributed by atoms with Gasteiger partial charge in [0.25, 0.3) is 0 Å². The van der Waals surface area contributed by atoms with E-state index in [1.165, 1.54) is 0 Å². The molecule has 3 nitrogen and oxygen atoms in total. The molecule has 0 spiro atoms. The Morgan fingerprint density at radius 1 is 1.50 bits per heavy atom. The quantitative estimate of drug-likeness (QED) is 0.815. The molecule has 0 saturated heterocycles. The SMILES string of the molecule is CC(C)C(CO)Nc1cccc(Br)n1. The summed E-state index contributed by atoms with van der Waals surface area (Å²) >= 11 is 3.30. The highest BCUT2D eigenvalue weighted by molar-refractivity contribution is 9.10. The average Bonchev–Trinajstić information content (AvgIpc) is 2.14. The smallest absolute Gasteiger partial charge is 0.127 e. The fraction of sp³-hybridized carbons (Fsp3) is 0.500. The van der Waals surface area contributed by atoms with Crippen LogP contribution >= 0.6 is 15.9 Å². The van der Waals surface area contributed by atoms with Crippen LogP contribution in [0.5, 0.6) is 0 Å². The van der Waals surface area contributed by atoms with Gasteiger partial charge in [0.05, 0.1) is 12.6 Å². The van der Waals surface area contributed by atoms with Crippen molar-refractivity contribution in [2.75, 3.05) is 11.9 Å². The summed E-state index contributed by atoms with van der Waals surface area (Å²) in [6.45, 7) is 4.24. The average molecular weight is 259 g/mol. The molecule has 1 heterocycles. The molecule has 1 atom stereocenters. The van der Waals surface area contributed by atoms with Gasteiger partial charge in [0, 0.05) is 0 Å². The van der Waals surface area contributed by atoms with Crippen molar-refractivity contribution in [1.82, 2.24) is 4.98 Å². The van der Waals surface area contributed by atoms with Crippen LogP contribution in [0.3, 0.4) is 0 Å². The molecule has 2 N–H and O–H groups in total. The van der Waals surface area contributed by atoms with Crippen LogP contribution in [0.1, 0.15) is 13.8 Å². The van der Waals surface area contributed by atoms with Crippen LogP contribution in [0.4, 0.5) is 5.82 Å².